The molecule has 3 heterocycles. The van der Waals surface area contributed by atoms with Crippen molar-refractivity contribution < 1.29 is 9.90 Å². The summed E-state index contributed by atoms with van der Waals surface area (Å²) in [7, 11) is 0. The number of para-hydroxylation sites is 1. The van der Waals surface area contributed by atoms with Crippen LogP contribution in [-0.4, -0.2) is 55.8 Å². The number of hydrogen-bond acceptors (Lipinski definition) is 5. The quantitative estimate of drug-likeness (QED) is 0.211. The Hall–Kier alpha value is -4.43. The molecule has 2 aromatic carbocycles. The van der Waals surface area contributed by atoms with Crippen molar-refractivity contribution in [3.05, 3.63) is 106 Å². The Morgan fingerprint density at radius 3 is 2.39 bits per heavy atom. The molecular formula is C35H38ClN5O3. The predicted octanol–water partition coefficient (Wildman–Crippen LogP) is 7.26. The van der Waals surface area contributed by atoms with E-state index in [9.17, 15) is 14.7 Å². The molecular weight excluding hydrogens is 574 g/mol. The molecule has 2 aromatic heterocycles. The van der Waals surface area contributed by atoms with Gasteiger partial charge in [-0.3, -0.25) is 0 Å². The Balaban J connectivity index is 1.87. The lowest BCUT2D eigenvalue weighted by molar-refractivity contribution is 0.114. The van der Waals surface area contributed by atoms with Gasteiger partial charge in [0.25, 0.3) is 0 Å². The SMILES string of the molecule is C=CCc1ccccc1-c1nc2c(cc1Cl)c(N1C[C@@H](C)N(C(=O)O)C[C@@H]1C)nc(=O)n2-c1c(CC=C)cccc1C(C)C. The third-order valence-corrected chi connectivity index (χ3v) is 8.59. The zero-order chi connectivity index (χ0) is 31.7. The topological polar surface area (TPSA) is 91.6 Å². The Kier molecular flexibility index (Phi) is 8.92. The van der Waals surface area contributed by atoms with Crippen molar-refractivity contribution in [2.75, 3.05) is 18.0 Å². The Morgan fingerprint density at radius 1 is 1.02 bits per heavy atom. The van der Waals surface area contributed by atoms with Crippen LogP contribution in [0.2, 0.25) is 5.02 Å². The van der Waals surface area contributed by atoms with Gasteiger partial charge in [-0.15, -0.1) is 13.2 Å². The van der Waals surface area contributed by atoms with Crippen LogP contribution < -0.4 is 10.6 Å². The predicted molar refractivity (Wildman–Crippen MR) is 178 cm³/mol. The summed E-state index contributed by atoms with van der Waals surface area (Å²) in [6.45, 7) is 16.5. The first-order valence-corrected chi connectivity index (χ1v) is 15.3. The molecule has 5 rings (SSSR count). The maximum Gasteiger partial charge on any atom is 0.407 e. The number of anilines is 1. The number of allylic oxidation sites excluding steroid dienone is 2. The monoisotopic (exact) mass is 611 g/mol. The second-order valence-electron chi connectivity index (χ2n) is 11.7. The van der Waals surface area contributed by atoms with Gasteiger partial charge in [0, 0.05) is 30.7 Å². The van der Waals surface area contributed by atoms with Crippen molar-refractivity contribution in [3.63, 3.8) is 0 Å². The molecule has 0 saturated carbocycles. The zero-order valence-electron chi connectivity index (χ0n) is 25.6. The van der Waals surface area contributed by atoms with Crippen LogP contribution in [0.1, 0.15) is 50.3 Å². The number of rotatable bonds is 8. The average molecular weight is 612 g/mol. The van der Waals surface area contributed by atoms with Gasteiger partial charge in [0.1, 0.15) is 5.82 Å². The van der Waals surface area contributed by atoms with Crippen LogP contribution >= 0.6 is 11.6 Å². The van der Waals surface area contributed by atoms with E-state index >= 15 is 0 Å². The zero-order valence-corrected chi connectivity index (χ0v) is 26.4. The van der Waals surface area contributed by atoms with Crippen LogP contribution in [-0.2, 0) is 12.8 Å². The van der Waals surface area contributed by atoms with E-state index in [1.54, 1.807) is 4.57 Å². The van der Waals surface area contributed by atoms with Crippen LogP contribution in [0.15, 0.2) is 78.6 Å². The molecule has 0 unspecified atom stereocenters. The Bertz CT molecular complexity index is 1810. The summed E-state index contributed by atoms with van der Waals surface area (Å²) in [4.78, 5) is 39.5. The third-order valence-electron chi connectivity index (χ3n) is 8.30. The fraction of sp³-hybridized carbons (Fsp3) is 0.314. The molecule has 1 amide bonds. The van der Waals surface area contributed by atoms with Gasteiger partial charge in [-0.05, 0) is 55.4 Å². The Morgan fingerprint density at radius 2 is 1.70 bits per heavy atom. The molecule has 0 aliphatic carbocycles. The summed E-state index contributed by atoms with van der Waals surface area (Å²) in [6.07, 6.45) is 3.88. The van der Waals surface area contributed by atoms with Crippen LogP contribution in [0.4, 0.5) is 10.6 Å². The van der Waals surface area contributed by atoms with Crippen LogP contribution in [0.3, 0.4) is 0 Å². The molecule has 0 radical (unpaired) electrons. The molecule has 0 spiro atoms. The van der Waals surface area contributed by atoms with Crippen LogP contribution in [0.25, 0.3) is 28.0 Å². The number of carbonyl (C=O) groups is 1. The maximum absolute atomic E-state index is 14.3. The minimum atomic E-state index is -0.968. The van der Waals surface area contributed by atoms with Crippen LogP contribution in [0.5, 0.6) is 0 Å². The lowest BCUT2D eigenvalue weighted by Gasteiger charge is -2.43. The second kappa shape index (κ2) is 12.7. The molecule has 1 aliphatic rings. The van der Waals surface area contributed by atoms with Gasteiger partial charge in [0.15, 0.2) is 5.65 Å². The minimum Gasteiger partial charge on any atom is -0.465 e. The molecule has 0 bridgehead atoms. The average Bonchev–Trinajstić information content (AvgIpc) is 2.98. The van der Waals surface area contributed by atoms with Crippen molar-refractivity contribution >= 4 is 34.5 Å². The Labute approximate surface area is 262 Å². The fourth-order valence-corrected chi connectivity index (χ4v) is 6.41. The number of aromatic nitrogens is 3. The standard InChI is InChI=1S/C35H38ClN5O3/c1-7-12-24-14-9-10-16-27(24)30-29(36)18-28-32(39-19-23(6)40(35(43)44)20-22(39)5)38-34(42)41(33(28)37-30)31-25(13-8-2)15-11-17-26(31)21(3)4/h7-11,14-18,21-23H,1-2,12-13,19-20H2,3-6H3,(H,43,44)/t22-,23+/m0/s1. The minimum absolute atomic E-state index is 0.112. The van der Waals surface area contributed by atoms with E-state index in [2.05, 4.69) is 32.0 Å². The van der Waals surface area contributed by atoms with E-state index in [1.165, 1.54) is 4.90 Å². The first kappa shape index (κ1) is 31.0. The van der Waals surface area contributed by atoms with Crippen molar-refractivity contribution in [1.29, 1.82) is 0 Å². The number of piperazine rings is 1. The van der Waals surface area contributed by atoms with Crippen molar-refractivity contribution in [2.45, 2.75) is 58.5 Å². The highest BCUT2D eigenvalue weighted by Gasteiger charge is 2.34. The molecule has 9 heteroatoms. The summed E-state index contributed by atoms with van der Waals surface area (Å²) in [5.41, 5.74) is 5.08. The summed E-state index contributed by atoms with van der Waals surface area (Å²) in [6, 6.07) is 15.2. The number of amides is 1. The summed E-state index contributed by atoms with van der Waals surface area (Å²) in [5.74, 6) is 0.555. The summed E-state index contributed by atoms with van der Waals surface area (Å²) in [5, 5.41) is 10.8. The number of pyridine rings is 1. The first-order valence-electron chi connectivity index (χ1n) is 14.9. The van der Waals surface area contributed by atoms with Gasteiger partial charge in [-0.1, -0.05) is 80.1 Å². The van der Waals surface area contributed by atoms with E-state index in [4.69, 9.17) is 16.6 Å². The van der Waals surface area contributed by atoms with Crippen molar-refractivity contribution in [3.8, 4) is 16.9 Å². The highest BCUT2D eigenvalue weighted by Crippen LogP contribution is 2.37. The number of benzene rings is 2. The lowest BCUT2D eigenvalue weighted by atomic mass is 9.96. The smallest absolute Gasteiger partial charge is 0.407 e. The molecule has 1 aliphatic heterocycles. The first-order chi connectivity index (χ1) is 21.1. The van der Waals surface area contributed by atoms with E-state index in [1.807, 2.05) is 79.4 Å². The van der Waals surface area contributed by atoms with E-state index in [0.717, 1.165) is 27.9 Å². The van der Waals surface area contributed by atoms with Crippen molar-refractivity contribution in [2.24, 2.45) is 0 Å². The number of hydrogen-bond donors (Lipinski definition) is 1. The van der Waals surface area contributed by atoms with Gasteiger partial charge in [0.2, 0.25) is 0 Å². The molecule has 8 nitrogen and oxygen atoms in total. The highest BCUT2D eigenvalue weighted by molar-refractivity contribution is 6.34. The molecule has 44 heavy (non-hydrogen) atoms. The molecule has 1 saturated heterocycles. The molecule has 4 aromatic rings. The number of halogens is 1. The number of fused-ring (bicyclic) bond motifs is 1. The van der Waals surface area contributed by atoms with Crippen molar-refractivity contribution in [1.82, 2.24) is 19.4 Å². The van der Waals surface area contributed by atoms with E-state index < -0.39 is 11.8 Å². The van der Waals surface area contributed by atoms with Gasteiger partial charge >= 0.3 is 11.8 Å². The fourth-order valence-electron chi connectivity index (χ4n) is 6.16. The van der Waals surface area contributed by atoms with Gasteiger partial charge in [-0.25, -0.2) is 19.1 Å². The highest BCUT2D eigenvalue weighted by atomic mass is 35.5. The normalized spacial score (nSPS) is 16.9. The van der Waals surface area contributed by atoms with Gasteiger partial charge in [0.05, 0.1) is 21.8 Å². The summed E-state index contributed by atoms with van der Waals surface area (Å²) < 4.78 is 1.62. The molecule has 228 valence electrons. The van der Waals surface area contributed by atoms with Gasteiger partial charge in [-0.2, -0.15) is 4.98 Å². The molecule has 1 N–H and O–H groups in total. The second-order valence-corrected chi connectivity index (χ2v) is 12.1. The largest absolute Gasteiger partial charge is 0.465 e. The van der Waals surface area contributed by atoms with Crippen LogP contribution in [0, 0.1) is 0 Å². The molecule has 1 fully saturated rings. The van der Waals surface area contributed by atoms with E-state index in [0.29, 0.717) is 47.0 Å². The number of carboxylic acid groups (broad SMARTS) is 1. The lowest BCUT2D eigenvalue weighted by Crippen LogP contribution is -2.58. The van der Waals surface area contributed by atoms with Gasteiger partial charge < -0.3 is 14.9 Å². The third kappa shape index (κ3) is 5.62. The summed E-state index contributed by atoms with van der Waals surface area (Å²) >= 11 is 7.03. The number of nitrogens with zero attached hydrogens (tertiary/aromatic N) is 5. The van der Waals surface area contributed by atoms with E-state index in [-0.39, 0.29) is 24.5 Å². The molecule has 2 atom stereocenters. The maximum atomic E-state index is 14.3.